The summed E-state index contributed by atoms with van der Waals surface area (Å²) in [4.78, 5) is 17.7. The van der Waals surface area contributed by atoms with Gasteiger partial charge in [-0.2, -0.15) is 0 Å². The minimum absolute atomic E-state index is 0.237. The molecule has 2 unspecified atom stereocenters. The monoisotopic (exact) mass is 286 g/mol. The number of likely N-dealkylation sites (tertiary alicyclic amines) is 1. The highest BCUT2D eigenvalue weighted by Gasteiger charge is 2.25. The van der Waals surface area contributed by atoms with E-state index in [0.717, 1.165) is 23.9 Å². The summed E-state index contributed by atoms with van der Waals surface area (Å²) >= 11 is 0. The van der Waals surface area contributed by atoms with E-state index in [-0.39, 0.29) is 5.97 Å². The molecule has 4 heteroatoms. The Hall–Kier alpha value is -1.81. The van der Waals surface area contributed by atoms with Crippen molar-refractivity contribution in [3.63, 3.8) is 0 Å². The van der Waals surface area contributed by atoms with Crippen molar-refractivity contribution in [3.05, 3.63) is 36.0 Å². The SMILES string of the molecule is CC1CCN(C)C(COC(=O)c2c[nH]c3ccccc23)C1. The highest BCUT2D eigenvalue weighted by Crippen LogP contribution is 2.22. The van der Waals surface area contributed by atoms with E-state index in [1.165, 1.54) is 6.42 Å². The van der Waals surface area contributed by atoms with Crippen LogP contribution in [0.25, 0.3) is 10.9 Å². The number of likely N-dealkylation sites (N-methyl/N-ethyl adjacent to an activating group) is 1. The maximum atomic E-state index is 12.3. The molecular formula is C17H22N2O2. The summed E-state index contributed by atoms with van der Waals surface area (Å²) in [6.07, 6.45) is 4.06. The van der Waals surface area contributed by atoms with Crippen LogP contribution in [0.4, 0.5) is 0 Å². The van der Waals surface area contributed by atoms with Gasteiger partial charge in [0, 0.05) is 23.1 Å². The van der Waals surface area contributed by atoms with Crippen LogP contribution in [-0.4, -0.2) is 42.1 Å². The summed E-state index contributed by atoms with van der Waals surface area (Å²) in [6.45, 7) is 3.82. The van der Waals surface area contributed by atoms with Gasteiger partial charge in [-0.1, -0.05) is 25.1 Å². The van der Waals surface area contributed by atoms with Gasteiger partial charge in [0.1, 0.15) is 6.61 Å². The second-order valence-corrected chi connectivity index (χ2v) is 6.11. The first-order valence-corrected chi connectivity index (χ1v) is 7.58. The number of benzene rings is 1. The lowest BCUT2D eigenvalue weighted by atomic mass is 9.93. The average Bonchev–Trinajstić information content (AvgIpc) is 2.92. The van der Waals surface area contributed by atoms with Crippen LogP contribution in [0.1, 0.15) is 30.1 Å². The van der Waals surface area contributed by atoms with E-state index in [0.29, 0.717) is 24.1 Å². The Balaban J connectivity index is 1.66. The van der Waals surface area contributed by atoms with Crippen LogP contribution < -0.4 is 0 Å². The van der Waals surface area contributed by atoms with Gasteiger partial charge in [0.15, 0.2) is 0 Å². The molecule has 4 nitrogen and oxygen atoms in total. The highest BCUT2D eigenvalue weighted by molar-refractivity contribution is 6.03. The first kappa shape index (κ1) is 14.1. The maximum absolute atomic E-state index is 12.3. The van der Waals surface area contributed by atoms with E-state index in [4.69, 9.17) is 4.74 Å². The van der Waals surface area contributed by atoms with Gasteiger partial charge in [-0.3, -0.25) is 0 Å². The van der Waals surface area contributed by atoms with Crippen molar-refractivity contribution < 1.29 is 9.53 Å². The molecular weight excluding hydrogens is 264 g/mol. The largest absolute Gasteiger partial charge is 0.460 e. The minimum Gasteiger partial charge on any atom is -0.460 e. The average molecular weight is 286 g/mol. The fourth-order valence-corrected chi connectivity index (χ4v) is 3.05. The molecule has 1 N–H and O–H groups in total. The first-order chi connectivity index (χ1) is 10.1. The number of nitrogens with zero attached hydrogens (tertiary/aromatic N) is 1. The molecule has 2 aromatic rings. The second-order valence-electron chi connectivity index (χ2n) is 6.11. The molecule has 0 amide bonds. The van der Waals surface area contributed by atoms with Crippen molar-refractivity contribution in [1.82, 2.24) is 9.88 Å². The Kier molecular flexibility index (Phi) is 3.97. The van der Waals surface area contributed by atoms with Crippen LogP contribution >= 0.6 is 0 Å². The third-order valence-corrected chi connectivity index (χ3v) is 4.49. The number of ether oxygens (including phenoxy) is 1. The second kappa shape index (κ2) is 5.90. The highest BCUT2D eigenvalue weighted by atomic mass is 16.5. The Bertz CT molecular complexity index is 635. The van der Waals surface area contributed by atoms with E-state index in [1.54, 1.807) is 6.20 Å². The molecule has 3 rings (SSSR count). The zero-order valence-electron chi connectivity index (χ0n) is 12.6. The van der Waals surface area contributed by atoms with Gasteiger partial charge in [-0.25, -0.2) is 4.79 Å². The fraction of sp³-hybridized carbons (Fsp3) is 0.471. The number of aromatic nitrogens is 1. The normalized spacial score (nSPS) is 23.3. The Morgan fingerprint density at radius 3 is 3.10 bits per heavy atom. The molecule has 0 spiro atoms. The lowest BCUT2D eigenvalue weighted by Gasteiger charge is -2.35. The fourth-order valence-electron chi connectivity index (χ4n) is 3.05. The van der Waals surface area contributed by atoms with Gasteiger partial charge in [0.25, 0.3) is 0 Å². The Morgan fingerprint density at radius 2 is 2.24 bits per heavy atom. The van der Waals surface area contributed by atoms with Gasteiger partial charge < -0.3 is 14.6 Å². The number of H-pyrrole nitrogens is 1. The zero-order chi connectivity index (χ0) is 14.8. The topological polar surface area (TPSA) is 45.3 Å². The lowest BCUT2D eigenvalue weighted by Crippen LogP contribution is -2.42. The number of hydrogen-bond donors (Lipinski definition) is 1. The standard InChI is InChI=1S/C17H22N2O2/c1-12-7-8-19(2)13(9-12)11-21-17(20)15-10-18-16-6-4-3-5-14(15)16/h3-6,10,12-13,18H,7-9,11H2,1-2H3. The van der Waals surface area contributed by atoms with Gasteiger partial charge in [0.2, 0.25) is 0 Å². The van der Waals surface area contributed by atoms with Crippen molar-refractivity contribution >= 4 is 16.9 Å². The number of carbonyl (C=O) groups is 1. The van der Waals surface area contributed by atoms with Crippen molar-refractivity contribution in [3.8, 4) is 0 Å². The molecule has 0 radical (unpaired) electrons. The summed E-state index contributed by atoms with van der Waals surface area (Å²) in [6, 6.07) is 8.12. The zero-order valence-corrected chi connectivity index (χ0v) is 12.6. The van der Waals surface area contributed by atoms with Crippen molar-refractivity contribution in [2.24, 2.45) is 5.92 Å². The summed E-state index contributed by atoms with van der Waals surface area (Å²) < 4.78 is 5.55. The molecule has 1 saturated heterocycles. The molecule has 1 aliphatic heterocycles. The maximum Gasteiger partial charge on any atom is 0.340 e. The molecule has 21 heavy (non-hydrogen) atoms. The van der Waals surface area contributed by atoms with E-state index in [1.807, 2.05) is 24.3 Å². The number of hydrogen-bond acceptors (Lipinski definition) is 3. The number of esters is 1. The molecule has 1 fully saturated rings. The number of rotatable bonds is 3. The number of piperidine rings is 1. The number of aromatic amines is 1. The van der Waals surface area contributed by atoms with Gasteiger partial charge in [0.05, 0.1) is 5.56 Å². The van der Waals surface area contributed by atoms with E-state index >= 15 is 0 Å². The third-order valence-electron chi connectivity index (χ3n) is 4.49. The molecule has 0 bridgehead atoms. The van der Waals surface area contributed by atoms with E-state index in [2.05, 4.69) is 23.9 Å². The molecule has 0 saturated carbocycles. The molecule has 112 valence electrons. The molecule has 1 aromatic carbocycles. The molecule has 0 aliphatic carbocycles. The smallest absolute Gasteiger partial charge is 0.340 e. The van der Waals surface area contributed by atoms with Gasteiger partial charge in [-0.05, 0) is 38.4 Å². The summed E-state index contributed by atoms with van der Waals surface area (Å²) in [5.74, 6) is 0.470. The van der Waals surface area contributed by atoms with Crippen LogP contribution in [0.5, 0.6) is 0 Å². The molecule has 1 aliphatic rings. The van der Waals surface area contributed by atoms with Crippen LogP contribution in [0.2, 0.25) is 0 Å². The third kappa shape index (κ3) is 2.95. The first-order valence-electron chi connectivity index (χ1n) is 7.58. The summed E-state index contributed by atoms with van der Waals surface area (Å²) in [5, 5.41) is 0.924. The molecule has 2 atom stereocenters. The number of nitrogens with one attached hydrogen (secondary N) is 1. The lowest BCUT2D eigenvalue weighted by molar-refractivity contribution is 0.0284. The predicted octanol–water partition coefficient (Wildman–Crippen LogP) is 3.06. The van der Waals surface area contributed by atoms with Crippen LogP contribution in [-0.2, 0) is 4.74 Å². The van der Waals surface area contributed by atoms with Crippen molar-refractivity contribution in [2.75, 3.05) is 20.2 Å². The van der Waals surface area contributed by atoms with Crippen LogP contribution in [0.15, 0.2) is 30.5 Å². The van der Waals surface area contributed by atoms with Gasteiger partial charge in [-0.15, -0.1) is 0 Å². The summed E-state index contributed by atoms with van der Waals surface area (Å²) in [7, 11) is 2.11. The minimum atomic E-state index is -0.237. The van der Waals surface area contributed by atoms with E-state index < -0.39 is 0 Å². The van der Waals surface area contributed by atoms with E-state index in [9.17, 15) is 4.79 Å². The van der Waals surface area contributed by atoms with Crippen molar-refractivity contribution in [2.45, 2.75) is 25.8 Å². The quantitative estimate of drug-likeness (QED) is 0.882. The Morgan fingerprint density at radius 1 is 1.43 bits per heavy atom. The predicted molar refractivity (Wildman–Crippen MR) is 83.4 cm³/mol. The Labute approximate surface area is 125 Å². The van der Waals surface area contributed by atoms with Gasteiger partial charge >= 0.3 is 5.97 Å². The number of para-hydroxylation sites is 1. The van der Waals surface area contributed by atoms with Crippen molar-refractivity contribution in [1.29, 1.82) is 0 Å². The molecule has 2 heterocycles. The van der Waals surface area contributed by atoms with Crippen LogP contribution in [0, 0.1) is 5.92 Å². The van der Waals surface area contributed by atoms with Crippen LogP contribution in [0.3, 0.4) is 0 Å². The number of carbonyl (C=O) groups excluding carboxylic acids is 1. The number of fused-ring (bicyclic) bond motifs is 1. The summed E-state index contributed by atoms with van der Waals surface area (Å²) in [5.41, 5.74) is 1.59. The molecule has 1 aromatic heterocycles.